The number of benzene rings is 3. The second kappa shape index (κ2) is 9.49. The van der Waals surface area contributed by atoms with Crippen LogP contribution in [0.5, 0.6) is 0 Å². The summed E-state index contributed by atoms with van der Waals surface area (Å²) in [5, 5.41) is 1.92. The lowest BCUT2D eigenvalue weighted by Crippen LogP contribution is -1.96. The summed E-state index contributed by atoms with van der Waals surface area (Å²) in [6.07, 6.45) is 0.989. The maximum Gasteiger partial charge on any atom is 0.153 e. The van der Waals surface area contributed by atoms with E-state index in [2.05, 4.69) is 29.1 Å². The lowest BCUT2D eigenvalue weighted by molar-refractivity contribution is 0.554. The summed E-state index contributed by atoms with van der Waals surface area (Å²) in [6.45, 7) is 1.86. The number of thiocarbonyl (C=S) groups is 1. The smallest absolute Gasteiger partial charge is 0.153 e. The van der Waals surface area contributed by atoms with E-state index in [0.717, 1.165) is 12.1 Å². The van der Waals surface area contributed by atoms with Crippen LogP contribution in [0.4, 0.5) is 23.2 Å². The van der Waals surface area contributed by atoms with Crippen LogP contribution in [0.1, 0.15) is 30.0 Å². The van der Waals surface area contributed by atoms with E-state index in [1.165, 1.54) is 12.1 Å². The zero-order chi connectivity index (χ0) is 21.7. The first-order valence-corrected chi connectivity index (χ1v) is 9.51. The van der Waals surface area contributed by atoms with E-state index >= 15 is 0 Å². The van der Waals surface area contributed by atoms with E-state index < -0.39 is 29.0 Å². The minimum absolute atomic E-state index is 0.0884. The fourth-order valence-corrected chi connectivity index (χ4v) is 3.03. The fraction of sp³-hybridized carbons (Fsp3) is 0.125. The van der Waals surface area contributed by atoms with E-state index in [-0.39, 0.29) is 11.1 Å². The summed E-state index contributed by atoms with van der Waals surface area (Å²) in [7, 11) is 0. The molecule has 0 amide bonds. The highest BCUT2D eigenvalue weighted by Gasteiger charge is 2.12. The quantitative estimate of drug-likeness (QED) is 0.190. The van der Waals surface area contributed by atoms with Gasteiger partial charge in [0.25, 0.3) is 0 Å². The molecule has 150 valence electrons. The molecule has 6 heteroatoms. The zero-order valence-corrected chi connectivity index (χ0v) is 16.7. The van der Waals surface area contributed by atoms with Crippen molar-refractivity contribution in [2.24, 2.45) is 4.99 Å². The standard InChI is InChI=1S/C24H15F4NS/c1-2-3-19-20(25)12-18(13-21(19)26)17-8-6-15(7-9-17)4-5-16-10-22(27)24(29-14-30)23(28)11-16/h6-13H,2-3H2,1H3. The van der Waals surface area contributed by atoms with Gasteiger partial charge in [-0.1, -0.05) is 37.3 Å². The molecule has 0 aliphatic rings. The third-order valence-corrected chi connectivity index (χ3v) is 4.48. The van der Waals surface area contributed by atoms with Gasteiger partial charge in [-0.3, -0.25) is 0 Å². The third-order valence-electron chi connectivity index (χ3n) is 4.38. The molecule has 30 heavy (non-hydrogen) atoms. The Morgan fingerprint density at radius 3 is 1.87 bits per heavy atom. The molecule has 0 spiro atoms. The van der Waals surface area contributed by atoms with E-state index in [9.17, 15) is 17.6 Å². The van der Waals surface area contributed by atoms with E-state index in [0.29, 0.717) is 29.5 Å². The first-order chi connectivity index (χ1) is 14.4. The van der Waals surface area contributed by atoms with E-state index in [1.807, 2.05) is 12.1 Å². The van der Waals surface area contributed by atoms with Gasteiger partial charge in [0, 0.05) is 16.7 Å². The molecule has 0 N–H and O–H groups in total. The van der Waals surface area contributed by atoms with Crippen LogP contribution in [0, 0.1) is 35.1 Å². The van der Waals surface area contributed by atoms with E-state index in [4.69, 9.17) is 0 Å². The Balaban J connectivity index is 1.85. The van der Waals surface area contributed by atoms with Crippen molar-refractivity contribution in [3.63, 3.8) is 0 Å². The monoisotopic (exact) mass is 425 g/mol. The maximum atomic E-state index is 14.2. The largest absolute Gasteiger partial charge is 0.207 e. The molecule has 0 aliphatic heterocycles. The summed E-state index contributed by atoms with van der Waals surface area (Å²) in [4.78, 5) is 3.34. The third kappa shape index (κ3) is 4.83. The van der Waals surface area contributed by atoms with Crippen LogP contribution >= 0.6 is 12.2 Å². The summed E-state index contributed by atoms with van der Waals surface area (Å²) in [6, 6.07) is 11.4. The number of hydrogen-bond donors (Lipinski definition) is 0. The Labute approximate surface area is 177 Å². The van der Waals surface area contributed by atoms with Crippen molar-refractivity contribution in [2.45, 2.75) is 19.8 Å². The molecule has 3 aromatic rings. The van der Waals surface area contributed by atoms with Crippen molar-refractivity contribution in [3.05, 3.63) is 88.5 Å². The van der Waals surface area contributed by atoms with Crippen LogP contribution < -0.4 is 0 Å². The fourth-order valence-electron chi connectivity index (χ4n) is 2.94. The van der Waals surface area contributed by atoms with Gasteiger partial charge in [0.1, 0.15) is 17.3 Å². The summed E-state index contributed by atoms with van der Waals surface area (Å²) < 4.78 is 56.1. The minimum atomic E-state index is -0.887. The molecule has 0 bridgehead atoms. The van der Waals surface area contributed by atoms with Gasteiger partial charge in [0.15, 0.2) is 11.6 Å². The topological polar surface area (TPSA) is 12.4 Å². The summed E-state index contributed by atoms with van der Waals surface area (Å²) in [5.74, 6) is 2.56. The molecule has 0 fully saturated rings. The zero-order valence-electron chi connectivity index (χ0n) is 15.9. The van der Waals surface area contributed by atoms with Crippen LogP contribution in [0.3, 0.4) is 0 Å². The Bertz CT molecular complexity index is 1150. The highest BCUT2D eigenvalue weighted by atomic mass is 32.1. The molecule has 0 unspecified atom stereocenters. The Hall–Kier alpha value is -3.26. The van der Waals surface area contributed by atoms with Gasteiger partial charge in [-0.15, -0.1) is 0 Å². The van der Waals surface area contributed by atoms with Crippen LogP contribution in [-0.4, -0.2) is 5.16 Å². The average Bonchev–Trinajstić information content (AvgIpc) is 2.72. The molecule has 0 aliphatic carbocycles. The summed E-state index contributed by atoms with van der Waals surface area (Å²) in [5.41, 5.74) is 1.33. The number of isothiocyanates is 1. The second-order valence-electron chi connectivity index (χ2n) is 6.49. The highest BCUT2D eigenvalue weighted by molar-refractivity contribution is 7.78. The van der Waals surface area contributed by atoms with Crippen molar-refractivity contribution < 1.29 is 17.6 Å². The van der Waals surface area contributed by atoms with E-state index in [1.54, 1.807) is 24.3 Å². The summed E-state index contributed by atoms with van der Waals surface area (Å²) >= 11 is 4.36. The van der Waals surface area contributed by atoms with Crippen molar-refractivity contribution in [1.82, 2.24) is 0 Å². The maximum absolute atomic E-state index is 14.2. The minimum Gasteiger partial charge on any atom is -0.207 e. The number of halogens is 4. The van der Waals surface area contributed by atoms with Crippen molar-refractivity contribution >= 4 is 23.1 Å². The number of hydrogen-bond acceptors (Lipinski definition) is 2. The molecule has 3 aromatic carbocycles. The number of aliphatic imine (C=N–C) groups is 1. The van der Waals surface area contributed by atoms with Gasteiger partial charge >= 0.3 is 0 Å². The molecule has 3 rings (SSSR count). The normalized spacial score (nSPS) is 10.2. The lowest BCUT2D eigenvalue weighted by atomic mass is 10.00. The molecule has 0 saturated carbocycles. The van der Waals surface area contributed by atoms with Gasteiger partial charge in [-0.25, -0.2) is 17.6 Å². The molecular weight excluding hydrogens is 410 g/mol. The predicted octanol–water partition coefficient (Wildman–Crippen LogP) is 7.00. The second-order valence-corrected chi connectivity index (χ2v) is 6.67. The molecule has 0 radical (unpaired) electrons. The van der Waals surface area contributed by atoms with Gasteiger partial charge in [0.2, 0.25) is 0 Å². The molecule has 0 aromatic heterocycles. The first kappa shape index (κ1) is 21.4. The van der Waals surface area contributed by atoms with Crippen molar-refractivity contribution in [2.75, 3.05) is 0 Å². The van der Waals surface area contributed by atoms with Crippen molar-refractivity contribution in [1.29, 1.82) is 0 Å². The van der Waals surface area contributed by atoms with Crippen LogP contribution in [0.2, 0.25) is 0 Å². The first-order valence-electron chi connectivity index (χ1n) is 9.10. The number of rotatable bonds is 4. The van der Waals surface area contributed by atoms with Crippen LogP contribution in [-0.2, 0) is 6.42 Å². The molecule has 1 nitrogen and oxygen atoms in total. The molecule has 0 heterocycles. The van der Waals surface area contributed by atoms with Gasteiger partial charge in [-0.05, 0) is 66.2 Å². The predicted molar refractivity (Wildman–Crippen MR) is 113 cm³/mol. The average molecular weight is 425 g/mol. The Morgan fingerprint density at radius 1 is 0.767 bits per heavy atom. The lowest BCUT2D eigenvalue weighted by Gasteiger charge is -2.08. The SMILES string of the molecule is CCCc1c(F)cc(-c2ccc(C#Cc3cc(F)c(N=C=S)c(F)c3)cc2)cc1F. The Morgan fingerprint density at radius 2 is 1.33 bits per heavy atom. The molecule has 0 atom stereocenters. The van der Waals surface area contributed by atoms with Gasteiger partial charge in [0.05, 0.1) is 5.16 Å². The Kier molecular flexibility index (Phi) is 6.79. The highest BCUT2D eigenvalue weighted by Crippen LogP contribution is 2.26. The van der Waals surface area contributed by atoms with Gasteiger partial charge in [-0.2, -0.15) is 4.99 Å². The molecule has 0 saturated heterocycles. The van der Waals surface area contributed by atoms with Crippen LogP contribution in [0.25, 0.3) is 11.1 Å². The van der Waals surface area contributed by atoms with Crippen molar-refractivity contribution in [3.8, 4) is 23.0 Å². The number of nitrogens with zero attached hydrogens (tertiary/aromatic N) is 1. The van der Waals surface area contributed by atoms with Crippen LogP contribution in [0.15, 0.2) is 53.5 Å². The molecular formula is C24H15F4NS. The van der Waals surface area contributed by atoms with Gasteiger partial charge < -0.3 is 0 Å².